The zero-order valence-corrected chi connectivity index (χ0v) is 17.0. The normalized spacial score (nSPS) is 12.8. The van der Waals surface area contributed by atoms with Gasteiger partial charge in [-0.3, -0.25) is 4.79 Å². The highest BCUT2D eigenvalue weighted by atomic mass is 32.2. The summed E-state index contributed by atoms with van der Waals surface area (Å²) in [4.78, 5) is 13.5. The molecule has 2 rings (SSSR count). The molecule has 0 radical (unpaired) electrons. The average Bonchev–Trinajstić information content (AvgIpc) is 2.65. The van der Waals surface area contributed by atoms with Crippen molar-refractivity contribution in [1.82, 2.24) is 9.62 Å². The molecule has 27 heavy (non-hydrogen) atoms. The average molecular weight is 390 g/mol. The number of nitrogens with two attached hydrogens (primary N) is 1. The molecule has 1 unspecified atom stereocenters. The number of nitrogens with zero attached hydrogens (tertiary/aromatic N) is 1. The summed E-state index contributed by atoms with van der Waals surface area (Å²) in [5.74, 6) is 0.167. The third kappa shape index (κ3) is 5.38. The lowest BCUT2D eigenvalue weighted by atomic mass is 9.99. The van der Waals surface area contributed by atoms with Gasteiger partial charge >= 0.3 is 0 Å². The van der Waals surface area contributed by atoms with Gasteiger partial charge in [-0.25, -0.2) is 13.1 Å². The summed E-state index contributed by atoms with van der Waals surface area (Å²) in [6, 6.07) is 13.3. The first-order chi connectivity index (χ1) is 12.6. The number of amides is 1. The maximum atomic E-state index is 12.6. The summed E-state index contributed by atoms with van der Waals surface area (Å²) in [7, 11) is -0.535. The lowest BCUT2D eigenvalue weighted by molar-refractivity contribution is 0.0827. The highest BCUT2D eigenvalue weighted by Gasteiger charge is 2.18. The van der Waals surface area contributed by atoms with Crippen molar-refractivity contribution < 1.29 is 13.2 Å². The Morgan fingerprint density at radius 3 is 2.22 bits per heavy atom. The minimum absolute atomic E-state index is 0.0394. The molecule has 0 saturated carbocycles. The molecule has 1 atom stereocenters. The fourth-order valence-corrected chi connectivity index (χ4v) is 3.69. The first-order valence-electron chi connectivity index (χ1n) is 8.78. The van der Waals surface area contributed by atoms with Gasteiger partial charge in [-0.2, -0.15) is 0 Å². The Morgan fingerprint density at radius 2 is 1.67 bits per heavy atom. The second kappa shape index (κ2) is 8.65. The first kappa shape index (κ1) is 21.1. The Bertz CT molecular complexity index is 891. The van der Waals surface area contributed by atoms with E-state index in [2.05, 4.69) is 18.6 Å². The molecule has 6 nitrogen and oxygen atoms in total. The van der Waals surface area contributed by atoms with Crippen molar-refractivity contribution in [1.29, 1.82) is 0 Å². The number of hydrogen-bond acceptors (Lipinski definition) is 4. The van der Waals surface area contributed by atoms with Crippen LogP contribution in [0.3, 0.4) is 0 Å². The second-order valence-electron chi connectivity index (χ2n) is 7.01. The second-order valence-corrected chi connectivity index (χ2v) is 8.77. The summed E-state index contributed by atoms with van der Waals surface area (Å²) in [6.07, 6.45) is 0. The molecular formula is C20H27N3O3S. The minimum Gasteiger partial charge on any atom is -0.345 e. The van der Waals surface area contributed by atoms with Crippen LogP contribution < -0.4 is 10.5 Å². The van der Waals surface area contributed by atoms with E-state index in [1.807, 2.05) is 24.3 Å². The molecule has 3 N–H and O–H groups in total. The van der Waals surface area contributed by atoms with Crippen LogP contribution in [-0.2, 0) is 10.0 Å². The van der Waals surface area contributed by atoms with Gasteiger partial charge in [0.05, 0.1) is 4.90 Å². The number of carbonyl (C=O) groups is 1. The number of sulfonamides is 1. The van der Waals surface area contributed by atoms with E-state index >= 15 is 0 Å². The van der Waals surface area contributed by atoms with E-state index < -0.39 is 16.1 Å². The van der Waals surface area contributed by atoms with Crippen molar-refractivity contribution in [2.75, 3.05) is 20.6 Å². The lowest BCUT2D eigenvalue weighted by Crippen LogP contribution is -2.32. The number of hydrogen-bond donors (Lipinski definition) is 2. The molecule has 2 aromatic carbocycles. The molecule has 0 aliphatic rings. The van der Waals surface area contributed by atoms with Crippen LogP contribution in [0.15, 0.2) is 53.4 Å². The molecule has 0 fully saturated rings. The first-order valence-corrected chi connectivity index (χ1v) is 10.3. The molecule has 0 aliphatic carbocycles. The van der Waals surface area contributed by atoms with Gasteiger partial charge in [-0.1, -0.05) is 44.2 Å². The van der Waals surface area contributed by atoms with E-state index in [0.717, 1.165) is 5.56 Å². The van der Waals surface area contributed by atoms with E-state index in [9.17, 15) is 13.2 Å². The summed E-state index contributed by atoms with van der Waals surface area (Å²) in [6.45, 7) is 4.28. The molecule has 0 aromatic heterocycles. The maximum absolute atomic E-state index is 12.6. The highest BCUT2D eigenvalue weighted by Crippen LogP contribution is 2.18. The van der Waals surface area contributed by atoms with E-state index in [1.54, 1.807) is 26.2 Å². The minimum atomic E-state index is -3.77. The van der Waals surface area contributed by atoms with Crippen molar-refractivity contribution in [2.24, 2.45) is 5.73 Å². The van der Waals surface area contributed by atoms with Gasteiger partial charge in [-0.05, 0) is 35.2 Å². The monoisotopic (exact) mass is 389 g/mol. The Kier molecular flexibility index (Phi) is 6.75. The van der Waals surface area contributed by atoms with Gasteiger partial charge in [0.25, 0.3) is 5.91 Å². The SMILES string of the molecule is CC(C)c1ccc(C(N)CNS(=O)(=O)c2cccc(C(=O)N(C)C)c2)cc1. The maximum Gasteiger partial charge on any atom is 0.253 e. The van der Waals surface area contributed by atoms with Crippen molar-refractivity contribution >= 4 is 15.9 Å². The lowest BCUT2D eigenvalue weighted by Gasteiger charge is -2.15. The van der Waals surface area contributed by atoms with Gasteiger partial charge in [0.1, 0.15) is 0 Å². The van der Waals surface area contributed by atoms with Crippen LogP contribution in [0.5, 0.6) is 0 Å². The number of benzene rings is 2. The summed E-state index contributed by atoms with van der Waals surface area (Å²) in [5, 5.41) is 0. The van der Waals surface area contributed by atoms with Crippen molar-refractivity contribution in [3.63, 3.8) is 0 Å². The van der Waals surface area contributed by atoms with Crippen LogP contribution in [0.4, 0.5) is 0 Å². The Labute approximate surface area is 161 Å². The zero-order valence-electron chi connectivity index (χ0n) is 16.1. The molecule has 0 saturated heterocycles. The van der Waals surface area contributed by atoms with Crippen molar-refractivity contribution in [3.05, 3.63) is 65.2 Å². The van der Waals surface area contributed by atoms with E-state index in [1.165, 1.54) is 22.6 Å². The number of carbonyl (C=O) groups excluding carboxylic acids is 1. The topological polar surface area (TPSA) is 92.5 Å². The summed E-state index contributed by atoms with van der Waals surface area (Å²) < 4.78 is 27.7. The smallest absolute Gasteiger partial charge is 0.253 e. The van der Waals surface area contributed by atoms with E-state index in [-0.39, 0.29) is 17.3 Å². The van der Waals surface area contributed by atoms with E-state index in [4.69, 9.17) is 5.73 Å². The van der Waals surface area contributed by atoms with Gasteiger partial charge in [0.15, 0.2) is 0 Å². The Hall–Kier alpha value is -2.22. The number of nitrogens with one attached hydrogen (secondary N) is 1. The predicted molar refractivity (Wildman–Crippen MR) is 107 cm³/mol. The predicted octanol–water partition coefficient (Wildman–Crippen LogP) is 2.49. The molecule has 2 aromatic rings. The quantitative estimate of drug-likeness (QED) is 0.761. The fraction of sp³-hybridized carbons (Fsp3) is 0.350. The molecule has 1 amide bonds. The summed E-state index contributed by atoms with van der Waals surface area (Å²) in [5.41, 5.74) is 8.52. The Morgan fingerprint density at radius 1 is 1.07 bits per heavy atom. The van der Waals surface area contributed by atoms with E-state index in [0.29, 0.717) is 11.5 Å². The largest absolute Gasteiger partial charge is 0.345 e. The zero-order chi connectivity index (χ0) is 20.2. The molecule has 0 heterocycles. The van der Waals surface area contributed by atoms with Crippen LogP contribution in [-0.4, -0.2) is 39.9 Å². The molecule has 0 bridgehead atoms. The molecule has 0 spiro atoms. The van der Waals surface area contributed by atoms with Gasteiger partial charge in [0, 0.05) is 32.2 Å². The van der Waals surface area contributed by atoms with Crippen molar-refractivity contribution in [3.8, 4) is 0 Å². The molecule has 7 heteroatoms. The third-order valence-corrected chi connectivity index (χ3v) is 5.74. The van der Waals surface area contributed by atoms with Crippen LogP contribution in [0.1, 0.15) is 47.3 Å². The molecule has 146 valence electrons. The van der Waals surface area contributed by atoms with Crippen LogP contribution in [0, 0.1) is 0 Å². The standard InChI is InChI=1S/C20H27N3O3S/c1-14(2)15-8-10-16(11-9-15)19(21)13-22-27(25,26)18-7-5-6-17(12-18)20(24)23(3)4/h5-12,14,19,22H,13,21H2,1-4H3. The number of rotatable bonds is 7. The third-order valence-electron chi connectivity index (χ3n) is 4.32. The van der Waals surface area contributed by atoms with Crippen molar-refractivity contribution in [2.45, 2.75) is 30.7 Å². The van der Waals surface area contributed by atoms with Crippen LogP contribution >= 0.6 is 0 Å². The molecular weight excluding hydrogens is 362 g/mol. The van der Waals surface area contributed by atoms with Crippen LogP contribution in [0.2, 0.25) is 0 Å². The van der Waals surface area contributed by atoms with Gasteiger partial charge in [-0.15, -0.1) is 0 Å². The Balaban J connectivity index is 2.10. The van der Waals surface area contributed by atoms with Gasteiger partial charge in [0.2, 0.25) is 10.0 Å². The highest BCUT2D eigenvalue weighted by molar-refractivity contribution is 7.89. The molecule has 0 aliphatic heterocycles. The van der Waals surface area contributed by atoms with Crippen LogP contribution in [0.25, 0.3) is 0 Å². The fourth-order valence-electron chi connectivity index (χ4n) is 2.58. The van der Waals surface area contributed by atoms with Gasteiger partial charge < -0.3 is 10.6 Å². The summed E-state index contributed by atoms with van der Waals surface area (Å²) >= 11 is 0.